The zero-order chi connectivity index (χ0) is 12.3. The number of alkyl halides is 3. The lowest BCUT2D eigenvalue weighted by Gasteiger charge is -2.06. The number of rotatable bonds is 3. The van der Waals surface area contributed by atoms with Gasteiger partial charge in [0.05, 0.1) is 17.9 Å². The Kier molecular flexibility index (Phi) is 5.43. The van der Waals surface area contributed by atoms with Crippen LogP contribution in [0.3, 0.4) is 0 Å². The fourth-order valence-corrected chi connectivity index (χ4v) is 0.954. The van der Waals surface area contributed by atoms with Gasteiger partial charge in [-0.05, 0) is 6.92 Å². The molecular weight excluding hydrogens is 261 g/mol. The Balaban J connectivity index is 0.00000256. The minimum atomic E-state index is -4.34. The standard InChI is InChI=1S/C8H11F3N4O.ClH/c1-5(12)7(16)14-6-2-13-15(3-6)4-8(9,10)11;/h2-3,5H,4,12H2,1H3,(H,14,16);1H/t5-;/m1./s1. The molecule has 5 nitrogen and oxygen atoms in total. The molecule has 1 amide bonds. The van der Waals surface area contributed by atoms with Gasteiger partial charge in [-0.15, -0.1) is 12.4 Å². The van der Waals surface area contributed by atoms with Gasteiger partial charge in [0.15, 0.2) is 0 Å². The van der Waals surface area contributed by atoms with E-state index < -0.39 is 24.7 Å². The molecule has 0 radical (unpaired) electrons. The van der Waals surface area contributed by atoms with Crippen LogP contribution in [0.2, 0.25) is 0 Å². The molecule has 0 saturated carbocycles. The number of nitrogens with two attached hydrogens (primary N) is 1. The zero-order valence-corrected chi connectivity index (χ0v) is 9.68. The van der Waals surface area contributed by atoms with Crippen molar-refractivity contribution < 1.29 is 18.0 Å². The monoisotopic (exact) mass is 272 g/mol. The minimum Gasteiger partial charge on any atom is -0.322 e. The molecule has 0 aliphatic carbocycles. The molecule has 1 rings (SSSR count). The minimum absolute atomic E-state index is 0. The summed E-state index contributed by atoms with van der Waals surface area (Å²) in [4.78, 5) is 11.1. The van der Waals surface area contributed by atoms with Gasteiger partial charge in [-0.2, -0.15) is 18.3 Å². The highest BCUT2D eigenvalue weighted by Gasteiger charge is 2.28. The molecule has 1 heterocycles. The van der Waals surface area contributed by atoms with Crippen LogP contribution in [0.25, 0.3) is 0 Å². The van der Waals surface area contributed by atoms with E-state index in [0.717, 1.165) is 12.4 Å². The van der Waals surface area contributed by atoms with Crippen LogP contribution in [0, 0.1) is 0 Å². The largest absolute Gasteiger partial charge is 0.408 e. The van der Waals surface area contributed by atoms with Gasteiger partial charge in [-0.3, -0.25) is 9.48 Å². The number of carbonyl (C=O) groups excluding carboxylic acids is 1. The van der Waals surface area contributed by atoms with Crippen molar-refractivity contribution in [2.24, 2.45) is 5.73 Å². The number of hydrogen-bond acceptors (Lipinski definition) is 3. The first kappa shape index (κ1) is 15.7. The molecule has 9 heteroatoms. The second kappa shape index (κ2) is 5.87. The molecule has 0 spiro atoms. The van der Waals surface area contributed by atoms with Crippen LogP contribution in [-0.2, 0) is 11.3 Å². The van der Waals surface area contributed by atoms with E-state index in [4.69, 9.17) is 5.73 Å². The summed E-state index contributed by atoms with van der Waals surface area (Å²) >= 11 is 0. The maximum atomic E-state index is 12.0. The van der Waals surface area contributed by atoms with Gasteiger partial charge in [0.25, 0.3) is 0 Å². The van der Waals surface area contributed by atoms with Gasteiger partial charge in [0.1, 0.15) is 6.54 Å². The Morgan fingerprint density at radius 1 is 1.65 bits per heavy atom. The number of hydrogen-bond donors (Lipinski definition) is 2. The van der Waals surface area contributed by atoms with E-state index in [9.17, 15) is 18.0 Å². The summed E-state index contributed by atoms with van der Waals surface area (Å²) in [5, 5.41) is 5.79. The van der Waals surface area contributed by atoms with Gasteiger partial charge in [-0.25, -0.2) is 0 Å². The molecule has 3 N–H and O–H groups in total. The van der Waals surface area contributed by atoms with Crippen molar-refractivity contribution in [1.29, 1.82) is 0 Å². The summed E-state index contributed by atoms with van der Waals surface area (Å²) in [6.07, 6.45) is -2.12. The average Bonchev–Trinajstić information content (AvgIpc) is 2.49. The fourth-order valence-electron chi connectivity index (χ4n) is 0.954. The summed E-state index contributed by atoms with van der Waals surface area (Å²) in [5.41, 5.74) is 5.46. The molecule has 0 unspecified atom stereocenters. The summed E-state index contributed by atoms with van der Waals surface area (Å²) < 4.78 is 36.6. The Morgan fingerprint density at radius 2 is 2.24 bits per heavy atom. The number of aromatic nitrogens is 2. The smallest absolute Gasteiger partial charge is 0.322 e. The molecule has 0 bridgehead atoms. The maximum Gasteiger partial charge on any atom is 0.408 e. The SMILES string of the molecule is C[C@@H](N)C(=O)Nc1cnn(CC(F)(F)F)c1.Cl. The zero-order valence-electron chi connectivity index (χ0n) is 8.86. The Hall–Kier alpha value is -1.28. The van der Waals surface area contributed by atoms with Crippen LogP contribution in [-0.4, -0.2) is 27.9 Å². The van der Waals surface area contributed by atoms with Gasteiger partial charge >= 0.3 is 6.18 Å². The van der Waals surface area contributed by atoms with Crippen molar-refractivity contribution in [2.45, 2.75) is 25.7 Å². The topological polar surface area (TPSA) is 72.9 Å². The van der Waals surface area contributed by atoms with E-state index in [1.165, 1.54) is 6.92 Å². The van der Waals surface area contributed by atoms with E-state index in [-0.39, 0.29) is 18.1 Å². The van der Waals surface area contributed by atoms with E-state index in [0.29, 0.717) is 4.68 Å². The third kappa shape index (κ3) is 5.55. The molecule has 0 aliphatic heterocycles. The first-order valence-electron chi connectivity index (χ1n) is 4.43. The van der Waals surface area contributed by atoms with Gasteiger partial charge < -0.3 is 11.1 Å². The Labute approximate surface area is 102 Å². The third-order valence-electron chi connectivity index (χ3n) is 1.66. The van der Waals surface area contributed by atoms with Crippen LogP contribution in [0.15, 0.2) is 12.4 Å². The molecule has 1 atom stereocenters. The summed E-state index contributed by atoms with van der Waals surface area (Å²) in [6, 6.07) is -0.731. The molecule has 0 saturated heterocycles. The first-order valence-corrected chi connectivity index (χ1v) is 4.43. The second-order valence-electron chi connectivity index (χ2n) is 3.32. The average molecular weight is 273 g/mol. The van der Waals surface area contributed by atoms with Crippen molar-refractivity contribution in [3.05, 3.63) is 12.4 Å². The summed E-state index contributed by atoms with van der Waals surface area (Å²) in [5.74, 6) is -0.480. The highest BCUT2D eigenvalue weighted by molar-refractivity contribution is 5.94. The van der Waals surface area contributed by atoms with Crippen molar-refractivity contribution in [2.75, 3.05) is 5.32 Å². The van der Waals surface area contributed by atoms with Crippen molar-refractivity contribution in [3.63, 3.8) is 0 Å². The summed E-state index contributed by atoms with van der Waals surface area (Å²) in [6.45, 7) is 0.274. The number of anilines is 1. The molecule has 0 aliphatic rings. The van der Waals surface area contributed by atoms with Gasteiger partial charge in [0.2, 0.25) is 5.91 Å². The third-order valence-corrected chi connectivity index (χ3v) is 1.66. The van der Waals surface area contributed by atoms with Crippen LogP contribution in [0.4, 0.5) is 18.9 Å². The van der Waals surface area contributed by atoms with Crippen molar-refractivity contribution in [1.82, 2.24) is 9.78 Å². The molecule has 0 fully saturated rings. The normalized spacial score (nSPS) is 12.8. The van der Waals surface area contributed by atoms with E-state index in [1.807, 2.05) is 0 Å². The van der Waals surface area contributed by atoms with Crippen molar-refractivity contribution in [3.8, 4) is 0 Å². The van der Waals surface area contributed by atoms with E-state index in [2.05, 4.69) is 10.4 Å². The van der Waals surface area contributed by atoms with E-state index >= 15 is 0 Å². The lowest BCUT2D eigenvalue weighted by Crippen LogP contribution is -2.32. The Bertz CT molecular complexity index is 377. The molecule has 98 valence electrons. The van der Waals surface area contributed by atoms with Crippen LogP contribution >= 0.6 is 12.4 Å². The fraction of sp³-hybridized carbons (Fsp3) is 0.500. The number of amides is 1. The number of carbonyl (C=O) groups is 1. The molecular formula is C8H12ClF3N4O. The number of nitrogens with one attached hydrogen (secondary N) is 1. The number of nitrogens with zero attached hydrogens (tertiary/aromatic N) is 2. The predicted molar refractivity (Wildman–Crippen MR) is 57.8 cm³/mol. The summed E-state index contributed by atoms with van der Waals surface area (Å²) in [7, 11) is 0. The van der Waals surface area contributed by atoms with Crippen LogP contribution in [0.5, 0.6) is 0 Å². The van der Waals surface area contributed by atoms with Crippen LogP contribution < -0.4 is 11.1 Å². The highest BCUT2D eigenvalue weighted by atomic mass is 35.5. The lowest BCUT2D eigenvalue weighted by atomic mass is 10.3. The second-order valence-corrected chi connectivity index (χ2v) is 3.32. The van der Waals surface area contributed by atoms with Crippen molar-refractivity contribution >= 4 is 24.0 Å². The lowest BCUT2D eigenvalue weighted by molar-refractivity contribution is -0.142. The maximum absolute atomic E-state index is 12.0. The Morgan fingerprint density at radius 3 is 2.71 bits per heavy atom. The molecule has 1 aromatic heterocycles. The highest BCUT2D eigenvalue weighted by Crippen LogP contribution is 2.17. The predicted octanol–water partition coefficient (Wildman–Crippen LogP) is 1.15. The quantitative estimate of drug-likeness (QED) is 0.867. The molecule has 17 heavy (non-hydrogen) atoms. The van der Waals surface area contributed by atoms with Crippen LogP contribution in [0.1, 0.15) is 6.92 Å². The van der Waals surface area contributed by atoms with E-state index in [1.54, 1.807) is 0 Å². The molecule has 0 aromatic carbocycles. The first-order chi connectivity index (χ1) is 7.28. The van der Waals surface area contributed by atoms with Gasteiger partial charge in [-0.1, -0.05) is 0 Å². The van der Waals surface area contributed by atoms with Gasteiger partial charge in [0, 0.05) is 6.20 Å². The number of halogens is 4. The molecule has 1 aromatic rings.